The van der Waals surface area contributed by atoms with Crippen LogP contribution in [0.5, 0.6) is 0 Å². The van der Waals surface area contributed by atoms with Crippen molar-refractivity contribution in [3.8, 4) is 0 Å². The normalized spacial score (nSPS) is 32.1. The van der Waals surface area contributed by atoms with Crippen LogP contribution in [0.4, 0.5) is 0 Å². The van der Waals surface area contributed by atoms with E-state index in [-0.39, 0.29) is 0 Å². The van der Waals surface area contributed by atoms with Gasteiger partial charge in [0.2, 0.25) is 0 Å². The minimum absolute atomic E-state index is 0.382. The molecule has 0 unspecified atom stereocenters. The van der Waals surface area contributed by atoms with Gasteiger partial charge in [0, 0.05) is 6.61 Å². The van der Waals surface area contributed by atoms with Gasteiger partial charge >= 0.3 is 0 Å². The molecule has 1 fully saturated rings. The molecule has 0 spiro atoms. The molecule has 1 N–H and O–H groups in total. The molecule has 0 saturated heterocycles. The van der Waals surface area contributed by atoms with E-state index in [4.69, 9.17) is 5.11 Å². The molecule has 0 radical (unpaired) electrons. The summed E-state index contributed by atoms with van der Waals surface area (Å²) in [4.78, 5) is 0. The number of aliphatic hydroxyl groups is 1. The Morgan fingerprint density at radius 1 is 1.40 bits per heavy atom. The molecule has 1 aliphatic carbocycles. The fourth-order valence-electron chi connectivity index (χ4n) is 1.90. The van der Waals surface area contributed by atoms with Crippen LogP contribution in [0.3, 0.4) is 0 Å². The third kappa shape index (κ3) is 1.51. The van der Waals surface area contributed by atoms with Crippen LogP contribution in [0.2, 0.25) is 0 Å². The first-order valence-electron chi connectivity index (χ1n) is 4.27. The molecule has 0 heterocycles. The van der Waals surface area contributed by atoms with E-state index < -0.39 is 0 Å². The molecule has 0 bridgehead atoms. The molecule has 60 valence electrons. The lowest BCUT2D eigenvalue weighted by Crippen LogP contribution is -2.30. The van der Waals surface area contributed by atoms with Crippen molar-refractivity contribution in [2.45, 2.75) is 39.5 Å². The van der Waals surface area contributed by atoms with Crippen LogP contribution < -0.4 is 0 Å². The summed E-state index contributed by atoms with van der Waals surface area (Å²) < 4.78 is 0. The van der Waals surface area contributed by atoms with Gasteiger partial charge in [0.1, 0.15) is 0 Å². The fourth-order valence-corrected chi connectivity index (χ4v) is 1.90. The van der Waals surface area contributed by atoms with E-state index in [0.717, 1.165) is 0 Å². The van der Waals surface area contributed by atoms with Gasteiger partial charge in [0.15, 0.2) is 0 Å². The van der Waals surface area contributed by atoms with Crippen LogP contribution >= 0.6 is 0 Å². The summed E-state index contributed by atoms with van der Waals surface area (Å²) in [6.45, 7) is 4.92. The molecule has 1 heteroatoms. The van der Waals surface area contributed by atoms with Crippen LogP contribution in [0.25, 0.3) is 0 Å². The highest BCUT2D eigenvalue weighted by Gasteiger charge is 2.31. The van der Waals surface area contributed by atoms with Crippen molar-refractivity contribution in [1.29, 1.82) is 0 Å². The van der Waals surface area contributed by atoms with Crippen LogP contribution in [0.1, 0.15) is 39.5 Å². The summed E-state index contributed by atoms with van der Waals surface area (Å²) in [5.41, 5.74) is 0.396. The Bertz CT molecular complexity index is 107. The van der Waals surface area contributed by atoms with Crippen molar-refractivity contribution >= 4 is 0 Å². The molecule has 0 aliphatic heterocycles. The van der Waals surface area contributed by atoms with E-state index in [1.807, 2.05) is 0 Å². The highest BCUT2D eigenvalue weighted by Crippen LogP contribution is 2.39. The summed E-state index contributed by atoms with van der Waals surface area (Å²) in [5, 5.41) is 9.03. The van der Waals surface area contributed by atoms with Crippen LogP contribution in [0, 0.1) is 11.3 Å². The summed E-state index contributed by atoms with van der Waals surface area (Å²) in [6, 6.07) is 0. The number of rotatable bonds is 1. The predicted molar refractivity (Wildman–Crippen MR) is 42.8 cm³/mol. The van der Waals surface area contributed by atoms with Gasteiger partial charge in [0.25, 0.3) is 0 Å². The molecule has 1 aliphatic rings. The first kappa shape index (κ1) is 8.06. The van der Waals surface area contributed by atoms with Gasteiger partial charge < -0.3 is 5.11 Å². The van der Waals surface area contributed by atoms with Gasteiger partial charge in [0.05, 0.1) is 0 Å². The Morgan fingerprint density at radius 2 is 2.10 bits per heavy atom. The first-order valence-corrected chi connectivity index (χ1v) is 4.27. The fraction of sp³-hybridized carbons (Fsp3) is 1.00. The molecular weight excluding hydrogens is 124 g/mol. The van der Waals surface area contributed by atoms with E-state index in [1.165, 1.54) is 25.7 Å². The summed E-state index contributed by atoms with van der Waals surface area (Å²) in [6.07, 6.45) is 5.18. The minimum atomic E-state index is 0.382. The third-order valence-electron chi connectivity index (χ3n) is 2.95. The number of hydrogen-bond donors (Lipinski definition) is 1. The van der Waals surface area contributed by atoms with E-state index in [1.54, 1.807) is 0 Å². The molecule has 0 aromatic carbocycles. The highest BCUT2D eigenvalue weighted by atomic mass is 16.3. The van der Waals surface area contributed by atoms with Gasteiger partial charge in [-0.1, -0.05) is 26.7 Å². The summed E-state index contributed by atoms with van der Waals surface area (Å²) in [7, 11) is 0. The van der Waals surface area contributed by atoms with Crippen molar-refractivity contribution in [2.75, 3.05) is 6.61 Å². The molecule has 0 aromatic heterocycles. The van der Waals surface area contributed by atoms with Gasteiger partial charge in [-0.25, -0.2) is 0 Å². The van der Waals surface area contributed by atoms with Crippen molar-refractivity contribution in [2.24, 2.45) is 11.3 Å². The maximum atomic E-state index is 9.03. The second-order valence-corrected chi connectivity index (χ2v) is 4.11. The molecule has 1 atom stereocenters. The topological polar surface area (TPSA) is 20.2 Å². The third-order valence-corrected chi connectivity index (χ3v) is 2.95. The highest BCUT2D eigenvalue weighted by molar-refractivity contribution is 4.81. The van der Waals surface area contributed by atoms with Gasteiger partial charge in [-0.3, -0.25) is 0 Å². The summed E-state index contributed by atoms with van der Waals surface area (Å²) in [5.74, 6) is 0.557. The van der Waals surface area contributed by atoms with E-state index in [0.29, 0.717) is 17.9 Å². The minimum Gasteiger partial charge on any atom is -0.396 e. The van der Waals surface area contributed by atoms with Crippen molar-refractivity contribution in [1.82, 2.24) is 0 Å². The zero-order valence-electron chi connectivity index (χ0n) is 7.06. The maximum Gasteiger partial charge on any atom is 0.0464 e. The zero-order valence-corrected chi connectivity index (χ0v) is 7.06. The first-order chi connectivity index (χ1) is 4.67. The van der Waals surface area contributed by atoms with E-state index in [2.05, 4.69) is 13.8 Å². The van der Waals surface area contributed by atoms with Crippen LogP contribution in [-0.4, -0.2) is 11.7 Å². The largest absolute Gasteiger partial charge is 0.396 e. The second kappa shape index (κ2) is 2.91. The molecular formula is C9H18O. The van der Waals surface area contributed by atoms with Gasteiger partial charge in [-0.2, -0.15) is 0 Å². The van der Waals surface area contributed by atoms with Crippen molar-refractivity contribution in [3.05, 3.63) is 0 Å². The SMILES string of the molecule is CC1(C)CCCC[C@H]1CO. The average molecular weight is 142 g/mol. The molecule has 1 saturated carbocycles. The van der Waals surface area contributed by atoms with Crippen LogP contribution in [-0.2, 0) is 0 Å². The lowest BCUT2D eigenvalue weighted by atomic mass is 9.69. The number of hydrogen-bond acceptors (Lipinski definition) is 1. The molecule has 1 rings (SSSR count). The zero-order chi connectivity index (χ0) is 7.61. The Hall–Kier alpha value is -0.0400. The molecule has 0 amide bonds. The summed E-state index contributed by atoms with van der Waals surface area (Å²) >= 11 is 0. The Kier molecular flexibility index (Phi) is 2.35. The van der Waals surface area contributed by atoms with E-state index in [9.17, 15) is 0 Å². The van der Waals surface area contributed by atoms with Crippen molar-refractivity contribution < 1.29 is 5.11 Å². The Labute approximate surface area is 63.4 Å². The quantitative estimate of drug-likeness (QED) is 0.595. The predicted octanol–water partition coefficient (Wildman–Crippen LogP) is 2.20. The number of aliphatic hydroxyl groups excluding tert-OH is 1. The van der Waals surface area contributed by atoms with Crippen molar-refractivity contribution in [3.63, 3.8) is 0 Å². The van der Waals surface area contributed by atoms with E-state index >= 15 is 0 Å². The standard InChI is InChI=1S/C9H18O/c1-9(2)6-4-3-5-8(9)7-10/h8,10H,3-7H2,1-2H3/t8-/m0/s1. The molecule has 0 aromatic rings. The van der Waals surface area contributed by atoms with Gasteiger partial charge in [-0.05, 0) is 24.2 Å². The Balaban J connectivity index is 2.51. The molecule has 1 nitrogen and oxygen atoms in total. The lowest BCUT2D eigenvalue weighted by molar-refractivity contribution is 0.0739. The lowest BCUT2D eigenvalue weighted by Gasteiger charge is -2.37. The smallest absolute Gasteiger partial charge is 0.0464 e. The van der Waals surface area contributed by atoms with Gasteiger partial charge in [-0.15, -0.1) is 0 Å². The second-order valence-electron chi connectivity index (χ2n) is 4.11. The monoisotopic (exact) mass is 142 g/mol. The maximum absolute atomic E-state index is 9.03. The Morgan fingerprint density at radius 3 is 2.50 bits per heavy atom. The van der Waals surface area contributed by atoms with Crippen LogP contribution in [0.15, 0.2) is 0 Å². The molecule has 10 heavy (non-hydrogen) atoms. The average Bonchev–Trinajstić information content (AvgIpc) is 1.87.